The maximum atomic E-state index is 14.7. The van der Waals surface area contributed by atoms with E-state index in [0.717, 1.165) is 16.7 Å². The first-order valence-corrected chi connectivity index (χ1v) is 11.9. The van der Waals surface area contributed by atoms with Crippen LogP contribution in [0.4, 0.5) is 4.39 Å². The molecule has 2 amide bonds. The highest BCUT2D eigenvalue weighted by molar-refractivity contribution is 6.05. The van der Waals surface area contributed by atoms with Gasteiger partial charge in [0.05, 0.1) is 11.4 Å². The Balaban J connectivity index is 1.72. The number of halogens is 1. The van der Waals surface area contributed by atoms with Crippen molar-refractivity contribution in [3.05, 3.63) is 94.1 Å². The molecule has 5 rings (SSSR count). The molecule has 0 aliphatic heterocycles. The summed E-state index contributed by atoms with van der Waals surface area (Å²) in [7, 11) is 1.56. The summed E-state index contributed by atoms with van der Waals surface area (Å²) in [6, 6.07) is 15.3. The van der Waals surface area contributed by atoms with Crippen LogP contribution in [-0.4, -0.2) is 39.9 Å². The SMILES string of the molecule is CNC(=O)c1ccc(-c2ccc3c(C(C(N)=O)c4c(C)[nH]c5c(F)ccc(C)c45)c(C(=O)O)[nH]c3c2)cc1. The van der Waals surface area contributed by atoms with Crippen LogP contribution >= 0.6 is 0 Å². The van der Waals surface area contributed by atoms with Gasteiger partial charge in [-0.1, -0.05) is 30.3 Å². The van der Waals surface area contributed by atoms with Crippen LogP contribution in [0.25, 0.3) is 32.9 Å². The molecular formula is C29H25FN4O4. The molecule has 0 fully saturated rings. The molecule has 38 heavy (non-hydrogen) atoms. The van der Waals surface area contributed by atoms with E-state index in [1.54, 1.807) is 63.4 Å². The molecule has 2 heterocycles. The number of carboxylic acids is 1. The van der Waals surface area contributed by atoms with Gasteiger partial charge in [0.2, 0.25) is 5.91 Å². The average Bonchev–Trinajstić information content (AvgIpc) is 3.45. The Hall–Kier alpha value is -4.92. The van der Waals surface area contributed by atoms with Crippen molar-refractivity contribution in [3.63, 3.8) is 0 Å². The van der Waals surface area contributed by atoms with Gasteiger partial charge in [0.15, 0.2) is 0 Å². The molecule has 5 aromatic rings. The van der Waals surface area contributed by atoms with Crippen molar-refractivity contribution in [2.45, 2.75) is 19.8 Å². The molecular weight excluding hydrogens is 487 g/mol. The molecule has 0 saturated carbocycles. The fourth-order valence-corrected chi connectivity index (χ4v) is 5.21. The maximum Gasteiger partial charge on any atom is 0.352 e. The predicted octanol–water partition coefficient (Wildman–Crippen LogP) is 4.75. The quantitative estimate of drug-likeness (QED) is 0.224. The number of primary amides is 1. The van der Waals surface area contributed by atoms with Crippen LogP contribution in [0.1, 0.15) is 49.1 Å². The first-order chi connectivity index (χ1) is 18.1. The van der Waals surface area contributed by atoms with Gasteiger partial charge in [0.1, 0.15) is 11.5 Å². The Morgan fingerprint density at radius 1 is 0.947 bits per heavy atom. The summed E-state index contributed by atoms with van der Waals surface area (Å²) in [4.78, 5) is 43.2. The molecule has 0 saturated heterocycles. The van der Waals surface area contributed by atoms with Crippen LogP contribution in [-0.2, 0) is 4.79 Å². The monoisotopic (exact) mass is 512 g/mol. The molecule has 0 aliphatic carbocycles. The number of carboxylic acid groups (broad SMARTS) is 1. The smallest absolute Gasteiger partial charge is 0.352 e. The molecule has 0 aliphatic rings. The number of hydrogen-bond acceptors (Lipinski definition) is 3. The number of amides is 2. The molecule has 0 bridgehead atoms. The van der Waals surface area contributed by atoms with Gasteiger partial charge >= 0.3 is 5.97 Å². The van der Waals surface area contributed by atoms with Crippen LogP contribution < -0.4 is 11.1 Å². The summed E-state index contributed by atoms with van der Waals surface area (Å²) in [6.07, 6.45) is 0. The lowest BCUT2D eigenvalue weighted by atomic mass is 9.85. The summed E-state index contributed by atoms with van der Waals surface area (Å²) in [5.41, 5.74) is 10.5. The van der Waals surface area contributed by atoms with E-state index in [2.05, 4.69) is 15.3 Å². The molecule has 2 aromatic heterocycles. The summed E-state index contributed by atoms with van der Waals surface area (Å²) < 4.78 is 14.7. The molecule has 8 nitrogen and oxygen atoms in total. The van der Waals surface area contributed by atoms with E-state index in [4.69, 9.17) is 5.73 Å². The van der Waals surface area contributed by atoms with Crippen LogP contribution in [0, 0.1) is 19.7 Å². The third-order valence-corrected chi connectivity index (χ3v) is 6.97. The Kier molecular flexibility index (Phi) is 5.99. The molecule has 0 radical (unpaired) electrons. The van der Waals surface area contributed by atoms with Crippen molar-refractivity contribution < 1.29 is 23.9 Å². The highest BCUT2D eigenvalue weighted by Crippen LogP contribution is 2.41. The number of aryl methyl sites for hydroxylation is 2. The van der Waals surface area contributed by atoms with Gasteiger partial charge < -0.3 is 26.1 Å². The number of carbonyl (C=O) groups excluding carboxylic acids is 2. The Labute approximate surface area is 216 Å². The number of aromatic nitrogens is 2. The zero-order chi connectivity index (χ0) is 27.3. The lowest BCUT2D eigenvalue weighted by Crippen LogP contribution is -2.24. The van der Waals surface area contributed by atoms with Crippen LogP contribution in [0.5, 0.6) is 0 Å². The van der Waals surface area contributed by atoms with Gasteiger partial charge in [-0.15, -0.1) is 0 Å². The lowest BCUT2D eigenvalue weighted by molar-refractivity contribution is -0.118. The van der Waals surface area contributed by atoms with E-state index in [1.165, 1.54) is 6.07 Å². The van der Waals surface area contributed by atoms with Gasteiger partial charge in [-0.3, -0.25) is 9.59 Å². The number of carbonyl (C=O) groups is 3. The number of aromatic carboxylic acids is 1. The standard InChI is InChI=1S/C29H25FN4O4/c1-13-4-11-19(30)25-21(13)22(14(2)33-25)24(27(31)35)23-18-10-9-17(12-20(18)34-26(23)29(37)38)15-5-7-16(8-6-15)28(36)32-3/h4-12,24,33-34H,1-3H3,(H2,31,35)(H,32,36)(H,37,38). The predicted molar refractivity (Wildman–Crippen MR) is 143 cm³/mol. The Bertz CT molecular complexity index is 1770. The van der Waals surface area contributed by atoms with Gasteiger partial charge in [-0.25, -0.2) is 9.18 Å². The van der Waals surface area contributed by atoms with Crippen molar-refractivity contribution in [3.8, 4) is 11.1 Å². The van der Waals surface area contributed by atoms with Gasteiger partial charge in [0, 0.05) is 40.2 Å². The van der Waals surface area contributed by atoms with Crippen molar-refractivity contribution in [2.75, 3.05) is 7.05 Å². The summed E-state index contributed by atoms with van der Waals surface area (Å²) in [6.45, 7) is 3.51. The number of hydrogen-bond donors (Lipinski definition) is 5. The van der Waals surface area contributed by atoms with Crippen molar-refractivity contribution in [1.82, 2.24) is 15.3 Å². The van der Waals surface area contributed by atoms with Crippen molar-refractivity contribution in [2.24, 2.45) is 5.73 Å². The average molecular weight is 513 g/mol. The van der Waals surface area contributed by atoms with Crippen LogP contribution in [0.2, 0.25) is 0 Å². The maximum absolute atomic E-state index is 14.7. The van der Waals surface area contributed by atoms with E-state index >= 15 is 0 Å². The Morgan fingerprint density at radius 2 is 1.63 bits per heavy atom. The first kappa shape index (κ1) is 24.8. The second-order valence-electron chi connectivity index (χ2n) is 9.25. The number of nitrogens with two attached hydrogens (primary N) is 1. The molecule has 6 N–H and O–H groups in total. The lowest BCUT2D eigenvalue weighted by Gasteiger charge is -2.16. The second kappa shape index (κ2) is 9.19. The largest absolute Gasteiger partial charge is 0.477 e. The summed E-state index contributed by atoms with van der Waals surface area (Å²) in [5, 5.41) is 13.7. The third kappa shape index (κ3) is 3.88. The van der Waals surface area contributed by atoms with Crippen molar-refractivity contribution in [1.29, 1.82) is 0 Å². The highest BCUT2D eigenvalue weighted by atomic mass is 19.1. The zero-order valence-corrected chi connectivity index (χ0v) is 20.9. The number of rotatable bonds is 6. The fourth-order valence-electron chi connectivity index (χ4n) is 5.21. The second-order valence-corrected chi connectivity index (χ2v) is 9.25. The van der Waals surface area contributed by atoms with E-state index < -0.39 is 23.6 Å². The number of H-pyrrole nitrogens is 2. The summed E-state index contributed by atoms with van der Waals surface area (Å²) >= 11 is 0. The van der Waals surface area contributed by atoms with Crippen LogP contribution in [0.3, 0.4) is 0 Å². The minimum absolute atomic E-state index is 0.168. The molecule has 9 heteroatoms. The van der Waals surface area contributed by atoms with E-state index in [-0.39, 0.29) is 22.7 Å². The number of aromatic amines is 2. The Morgan fingerprint density at radius 3 is 2.26 bits per heavy atom. The zero-order valence-electron chi connectivity index (χ0n) is 20.9. The van der Waals surface area contributed by atoms with Crippen molar-refractivity contribution >= 4 is 39.6 Å². The number of fused-ring (bicyclic) bond motifs is 2. The first-order valence-electron chi connectivity index (χ1n) is 11.9. The van der Waals surface area contributed by atoms with Gasteiger partial charge in [-0.05, 0) is 60.4 Å². The van der Waals surface area contributed by atoms with E-state index in [0.29, 0.717) is 33.1 Å². The number of benzene rings is 3. The molecule has 192 valence electrons. The minimum atomic E-state index is -1.25. The highest BCUT2D eigenvalue weighted by Gasteiger charge is 2.33. The van der Waals surface area contributed by atoms with E-state index in [9.17, 15) is 23.9 Å². The topological polar surface area (TPSA) is 141 Å². The molecule has 1 unspecified atom stereocenters. The number of nitrogens with one attached hydrogen (secondary N) is 3. The van der Waals surface area contributed by atoms with E-state index in [1.807, 2.05) is 6.07 Å². The van der Waals surface area contributed by atoms with Crippen LogP contribution in [0.15, 0.2) is 54.6 Å². The summed E-state index contributed by atoms with van der Waals surface area (Å²) in [5.74, 6) is -3.84. The fraction of sp³-hybridized carbons (Fsp3) is 0.138. The minimum Gasteiger partial charge on any atom is -0.477 e. The van der Waals surface area contributed by atoms with Gasteiger partial charge in [-0.2, -0.15) is 0 Å². The molecule has 3 aromatic carbocycles. The third-order valence-electron chi connectivity index (χ3n) is 6.97. The van der Waals surface area contributed by atoms with Gasteiger partial charge in [0.25, 0.3) is 5.91 Å². The normalized spacial score (nSPS) is 12.1. The molecule has 0 spiro atoms. The molecule has 1 atom stereocenters.